The molecule has 1 heterocycles. The van der Waals surface area contributed by atoms with E-state index in [4.69, 9.17) is 0 Å². The first-order valence-corrected chi connectivity index (χ1v) is 5.10. The highest BCUT2D eigenvalue weighted by Crippen LogP contribution is 1.94. The summed E-state index contributed by atoms with van der Waals surface area (Å²) in [5, 5.41) is 2.82. The van der Waals surface area contributed by atoms with E-state index in [1.165, 1.54) is 0 Å². The average molecular weight is 204 g/mol. The largest absolute Gasteiger partial charge is 0.350 e. The maximum Gasteiger partial charge on any atom is 0.220 e. The molecule has 1 aromatic heterocycles. The first-order chi connectivity index (χ1) is 7.33. The van der Waals surface area contributed by atoms with Crippen molar-refractivity contribution >= 4 is 5.91 Å². The third-order valence-corrected chi connectivity index (χ3v) is 1.97. The molecule has 0 aromatic carbocycles. The summed E-state index contributed by atoms with van der Waals surface area (Å²) in [6.45, 7) is 2.46. The molecule has 0 unspecified atom stereocenters. The van der Waals surface area contributed by atoms with Gasteiger partial charge in [0.25, 0.3) is 0 Å². The van der Waals surface area contributed by atoms with Crippen LogP contribution in [0.1, 0.15) is 25.5 Å². The Labute approximate surface area is 90.2 Å². The minimum atomic E-state index is 0.0683. The summed E-state index contributed by atoms with van der Waals surface area (Å²) >= 11 is 0. The van der Waals surface area contributed by atoms with E-state index in [0.29, 0.717) is 13.0 Å². The molecule has 1 N–H and O–H groups in total. The summed E-state index contributed by atoms with van der Waals surface area (Å²) in [5.41, 5.74) is 0.886. The van der Waals surface area contributed by atoms with Gasteiger partial charge in [-0.1, -0.05) is 18.2 Å². The Morgan fingerprint density at radius 1 is 1.53 bits per heavy atom. The molecular formula is C12H16N2O. The predicted molar refractivity (Wildman–Crippen MR) is 60.1 cm³/mol. The van der Waals surface area contributed by atoms with Crippen LogP contribution < -0.4 is 5.32 Å². The molecule has 1 aromatic rings. The molecular weight excluding hydrogens is 188 g/mol. The van der Waals surface area contributed by atoms with E-state index in [2.05, 4.69) is 10.3 Å². The molecule has 0 aliphatic heterocycles. The molecule has 1 rings (SSSR count). The standard InChI is InChI=1S/C12H16N2O/c1-2-3-4-8-12(15)14-10-11-7-5-6-9-13-11/h2-3,5-7,9H,4,8,10H2,1H3,(H,14,15)/b3-2-. The van der Waals surface area contributed by atoms with Gasteiger partial charge < -0.3 is 5.32 Å². The Bertz CT molecular complexity index is 320. The summed E-state index contributed by atoms with van der Waals surface area (Å²) in [6.07, 6.45) is 7.00. The maximum absolute atomic E-state index is 11.3. The number of carbonyl (C=O) groups is 1. The first kappa shape index (κ1) is 11.4. The van der Waals surface area contributed by atoms with Crippen LogP contribution in [0.25, 0.3) is 0 Å². The van der Waals surface area contributed by atoms with Crippen molar-refractivity contribution in [3.8, 4) is 0 Å². The molecule has 3 nitrogen and oxygen atoms in total. The molecule has 80 valence electrons. The molecule has 0 aliphatic rings. The zero-order valence-corrected chi connectivity index (χ0v) is 8.94. The number of aromatic nitrogens is 1. The van der Waals surface area contributed by atoms with Gasteiger partial charge in [-0.3, -0.25) is 9.78 Å². The van der Waals surface area contributed by atoms with Gasteiger partial charge in [-0.15, -0.1) is 0 Å². The van der Waals surface area contributed by atoms with Crippen molar-refractivity contribution in [2.45, 2.75) is 26.3 Å². The lowest BCUT2D eigenvalue weighted by Crippen LogP contribution is -2.22. The summed E-state index contributed by atoms with van der Waals surface area (Å²) in [5.74, 6) is 0.0683. The van der Waals surface area contributed by atoms with Gasteiger partial charge in [0.1, 0.15) is 0 Å². The first-order valence-electron chi connectivity index (χ1n) is 5.10. The van der Waals surface area contributed by atoms with E-state index in [-0.39, 0.29) is 5.91 Å². The second-order valence-corrected chi connectivity index (χ2v) is 3.21. The number of nitrogens with zero attached hydrogens (tertiary/aromatic N) is 1. The van der Waals surface area contributed by atoms with Gasteiger partial charge >= 0.3 is 0 Å². The van der Waals surface area contributed by atoms with Gasteiger partial charge in [0, 0.05) is 12.6 Å². The third kappa shape index (κ3) is 4.96. The summed E-state index contributed by atoms with van der Waals surface area (Å²) in [4.78, 5) is 15.4. The number of amides is 1. The van der Waals surface area contributed by atoms with Crippen LogP contribution in [-0.4, -0.2) is 10.9 Å². The van der Waals surface area contributed by atoms with Gasteiger partial charge in [0.15, 0.2) is 0 Å². The van der Waals surface area contributed by atoms with E-state index < -0.39 is 0 Å². The van der Waals surface area contributed by atoms with Crippen LogP contribution in [0, 0.1) is 0 Å². The third-order valence-electron chi connectivity index (χ3n) is 1.97. The van der Waals surface area contributed by atoms with E-state index in [9.17, 15) is 4.79 Å². The number of hydrogen-bond acceptors (Lipinski definition) is 2. The van der Waals surface area contributed by atoms with E-state index in [1.807, 2.05) is 37.3 Å². The monoisotopic (exact) mass is 204 g/mol. The van der Waals surface area contributed by atoms with E-state index in [0.717, 1.165) is 12.1 Å². The highest BCUT2D eigenvalue weighted by atomic mass is 16.1. The van der Waals surface area contributed by atoms with E-state index in [1.54, 1.807) is 6.20 Å². The van der Waals surface area contributed by atoms with E-state index >= 15 is 0 Å². The molecule has 0 atom stereocenters. The number of nitrogens with one attached hydrogen (secondary N) is 1. The number of allylic oxidation sites excluding steroid dienone is 2. The molecule has 0 saturated heterocycles. The lowest BCUT2D eigenvalue weighted by Gasteiger charge is -2.02. The topological polar surface area (TPSA) is 42.0 Å². The summed E-state index contributed by atoms with van der Waals surface area (Å²) < 4.78 is 0. The van der Waals surface area contributed by atoms with Gasteiger partial charge in [0.2, 0.25) is 5.91 Å². The molecule has 0 aliphatic carbocycles. The molecule has 3 heteroatoms. The fraction of sp³-hybridized carbons (Fsp3) is 0.333. The van der Waals surface area contributed by atoms with Crippen molar-refractivity contribution in [1.82, 2.24) is 10.3 Å². The van der Waals surface area contributed by atoms with Crippen molar-refractivity contribution in [2.24, 2.45) is 0 Å². The highest BCUT2D eigenvalue weighted by Gasteiger charge is 1.99. The molecule has 0 saturated carbocycles. The second-order valence-electron chi connectivity index (χ2n) is 3.21. The van der Waals surface area contributed by atoms with Crippen molar-refractivity contribution in [1.29, 1.82) is 0 Å². The number of hydrogen-bond donors (Lipinski definition) is 1. The number of carbonyl (C=O) groups excluding carboxylic acids is 1. The molecule has 15 heavy (non-hydrogen) atoms. The average Bonchev–Trinajstić information content (AvgIpc) is 2.28. The van der Waals surface area contributed by atoms with Crippen molar-refractivity contribution < 1.29 is 4.79 Å². The Morgan fingerprint density at radius 3 is 3.07 bits per heavy atom. The second kappa shape index (κ2) is 6.76. The zero-order valence-electron chi connectivity index (χ0n) is 8.94. The van der Waals surface area contributed by atoms with Gasteiger partial charge in [-0.25, -0.2) is 0 Å². The number of rotatable bonds is 5. The van der Waals surface area contributed by atoms with Gasteiger partial charge in [-0.05, 0) is 25.5 Å². The van der Waals surface area contributed by atoms with Gasteiger partial charge in [-0.2, -0.15) is 0 Å². The van der Waals surface area contributed by atoms with Crippen molar-refractivity contribution in [3.63, 3.8) is 0 Å². The van der Waals surface area contributed by atoms with Crippen LogP contribution in [0.5, 0.6) is 0 Å². The van der Waals surface area contributed by atoms with Crippen LogP contribution >= 0.6 is 0 Å². The molecule has 0 radical (unpaired) electrons. The molecule has 0 fully saturated rings. The summed E-state index contributed by atoms with van der Waals surface area (Å²) in [6, 6.07) is 5.66. The SMILES string of the molecule is C/C=C\CCC(=O)NCc1ccccn1. The van der Waals surface area contributed by atoms with Crippen LogP contribution in [0.3, 0.4) is 0 Å². The Hall–Kier alpha value is -1.64. The van der Waals surface area contributed by atoms with Crippen LogP contribution in [0.2, 0.25) is 0 Å². The Balaban J connectivity index is 2.23. The van der Waals surface area contributed by atoms with Crippen LogP contribution in [0.15, 0.2) is 36.5 Å². The fourth-order valence-electron chi connectivity index (χ4n) is 1.16. The lowest BCUT2D eigenvalue weighted by atomic mass is 10.2. The van der Waals surface area contributed by atoms with Crippen LogP contribution in [0.4, 0.5) is 0 Å². The zero-order chi connectivity index (χ0) is 10.9. The molecule has 1 amide bonds. The maximum atomic E-state index is 11.3. The smallest absolute Gasteiger partial charge is 0.220 e. The predicted octanol–water partition coefficient (Wildman–Crippen LogP) is 2.05. The normalized spacial score (nSPS) is 10.5. The fourth-order valence-corrected chi connectivity index (χ4v) is 1.16. The lowest BCUT2D eigenvalue weighted by molar-refractivity contribution is -0.121. The van der Waals surface area contributed by atoms with Crippen molar-refractivity contribution in [2.75, 3.05) is 0 Å². The Kier molecular flexibility index (Phi) is 5.15. The number of pyridine rings is 1. The van der Waals surface area contributed by atoms with Crippen molar-refractivity contribution in [3.05, 3.63) is 42.2 Å². The summed E-state index contributed by atoms with van der Waals surface area (Å²) in [7, 11) is 0. The minimum Gasteiger partial charge on any atom is -0.350 e. The highest BCUT2D eigenvalue weighted by molar-refractivity contribution is 5.75. The van der Waals surface area contributed by atoms with Gasteiger partial charge in [0.05, 0.1) is 12.2 Å². The molecule has 0 spiro atoms. The Morgan fingerprint density at radius 2 is 2.40 bits per heavy atom. The molecule has 0 bridgehead atoms. The minimum absolute atomic E-state index is 0.0683. The quantitative estimate of drug-likeness (QED) is 0.746. The van der Waals surface area contributed by atoms with Crippen LogP contribution in [-0.2, 0) is 11.3 Å².